The van der Waals surface area contributed by atoms with Gasteiger partial charge in [0, 0.05) is 17.5 Å². The summed E-state index contributed by atoms with van der Waals surface area (Å²) in [6.45, 7) is 2.96. The molecule has 0 amide bonds. The highest BCUT2D eigenvalue weighted by molar-refractivity contribution is 5.78. The van der Waals surface area contributed by atoms with E-state index in [1.165, 1.54) is 6.07 Å². The average molecular weight is 218 g/mol. The number of carboxylic acid groups (broad SMARTS) is 1. The summed E-state index contributed by atoms with van der Waals surface area (Å²) in [5.74, 6) is -0.981. The van der Waals surface area contributed by atoms with Crippen molar-refractivity contribution in [3.8, 4) is 0 Å². The van der Waals surface area contributed by atoms with Crippen molar-refractivity contribution in [2.45, 2.75) is 0 Å². The maximum Gasteiger partial charge on any atom is 0.336 e. The Labute approximate surface area is 91.4 Å². The van der Waals surface area contributed by atoms with Gasteiger partial charge in [0.1, 0.15) is 5.58 Å². The molecule has 16 heavy (non-hydrogen) atoms. The first-order valence-corrected chi connectivity index (χ1v) is 4.48. The van der Waals surface area contributed by atoms with Gasteiger partial charge in [0.15, 0.2) is 0 Å². The molecule has 0 saturated carbocycles. The number of fused-ring (bicyclic) bond motifs is 1. The van der Waals surface area contributed by atoms with Crippen LogP contribution in [0.25, 0.3) is 11.0 Å². The van der Waals surface area contributed by atoms with Gasteiger partial charge in [-0.2, -0.15) is 0 Å². The molecule has 4 nitrogen and oxygen atoms in total. The van der Waals surface area contributed by atoms with E-state index in [4.69, 9.17) is 9.52 Å². The van der Waals surface area contributed by atoms with E-state index in [9.17, 15) is 9.59 Å². The maximum atomic E-state index is 10.7. The van der Waals surface area contributed by atoms with Crippen molar-refractivity contribution in [2.24, 2.45) is 0 Å². The van der Waals surface area contributed by atoms with Crippen LogP contribution in [0.3, 0.4) is 0 Å². The van der Waals surface area contributed by atoms with Crippen molar-refractivity contribution in [3.05, 3.63) is 59.5 Å². The predicted octanol–water partition coefficient (Wildman–Crippen LogP) is 2.05. The molecule has 0 bridgehead atoms. The zero-order valence-electron chi connectivity index (χ0n) is 8.42. The minimum Gasteiger partial charge on any atom is -0.478 e. The molecular weight excluding hydrogens is 208 g/mol. The quantitative estimate of drug-likeness (QED) is 0.587. The number of benzene rings is 1. The van der Waals surface area contributed by atoms with Crippen LogP contribution in [-0.2, 0) is 4.79 Å². The molecule has 0 atom stereocenters. The lowest BCUT2D eigenvalue weighted by atomic mass is 10.2. The van der Waals surface area contributed by atoms with Gasteiger partial charge in [0.2, 0.25) is 0 Å². The van der Waals surface area contributed by atoms with Crippen LogP contribution < -0.4 is 5.63 Å². The third-order valence-electron chi connectivity index (χ3n) is 1.70. The van der Waals surface area contributed by atoms with Crippen molar-refractivity contribution in [1.82, 2.24) is 0 Å². The predicted molar refractivity (Wildman–Crippen MR) is 60.3 cm³/mol. The first-order chi connectivity index (χ1) is 7.63. The van der Waals surface area contributed by atoms with Gasteiger partial charge in [-0.05, 0) is 12.1 Å². The van der Waals surface area contributed by atoms with E-state index < -0.39 is 5.97 Å². The summed E-state index contributed by atoms with van der Waals surface area (Å²) in [4.78, 5) is 20.0. The normalized spacial score (nSPS) is 9.00. The minimum atomic E-state index is -0.981. The van der Waals surface area contributed by atoms with Crippen molar-refractivity contribution in [2.75, 3.05) is 0 Å². The fourth-order valence-corrected chi connectivity index (χ4v) is 1.01. The molecule has 82 valence electrons. The van der Waals surface area contributed by atoms with E-state index >= 15 is 0 Å². The molecule has 0 unspecified atom stereocenters. The summed E-state index contributed by atoms with van der Waals surface area (Å²) >= 11 is 0. The van der Waals surface area contributed by atoms with E-state index in [1.807, 2.05) is 18.2 Å². The van der Waals surface area contributed by atoms with Crippen LogP contribution in [0.2, 0.25) is 0 Å². The minimum absolute atomic E-state index is 0.302. The molecule has 0 aliphatic heterocycles. The van der Waals surface area contributed by atoms with Crippen LogP contribution in [0.4, 0.5) is 0 Å². The van der Waals surface area contributed by atoms with Gasteiger partial charge in [0.05, 0.1) is 0 Å². The van der Waals surface area contributed by atoms with Crippen molar-refractivity contribution in [1.29, 1.82) is 0 Å². The lowest BCUT2D eigenvalue weighted by Crippen LogP contribution is -1.93. The van der Waals surface area contributed by atoms with Gasteiger partial charge in [-0.3, -0.25) is 0 Å². The smallest absolute Gasteiger partial charge is 0.336 e. The maximum absolute atomic E-state index is 10.7. The van der Waals surface area contributed by atoms with E-state index in [1.54, 1.807) is 12.1 Å². The van der Waals surface area contributed by atoms with E-state index in [-0.39, 0.29) is 5.63 Å². The van der Waals surface area contributed by atoms with Crippen LogP contribution in [0.5, 0.6) is 0 Å². The molecule has 0 radical (unpaired) electrons. The fourth-order valence-electron chi connectivity index (χ4n) is 1.01. The van der Waals surface area contributed by atoms with Gasteiger partial charge < -0.3 is 9.52 Å². The Kier molecular flexibility index (Phi) is 4.03. The summed E-state index contributed by atoms with van der Waals surface area (Å²) in [6, 6.07) is 10.6. The van der Waals surface area contributed by atoms with Crippen LogP contribution in [0.1, 0.15) is 0 Å². The number of hydrogen-bond donors (Lipinski definition) is 1. The van der Waals surface area contributed by atoms with Gasteiger partial charge in [0.25, 0.3) is 0 Å². The summed E-state index contributed by atoms with van der Waals surface area (Å²) in [6.07, 6.45) is 0.833. The highest BCUT2D eigenvalue weighted by Crippen LogP contribution is 2.08. The molecule has 1 heterocycles. The molecule has 1 aromatic heterocycles. The molecule has 1 N–H and O–H groups in total. The standard InChI is InChI=1S/C9H6O2.C3H4O2/c10-9-6-5-7-3-1-2-4-8(7)11-9;1-2-3(4)5/h1-6H;2H,1H2,(H,4,5). The van der Waals surface area contributed by atoms with Crippen LogP contribution in [0.15, 0.2) is 58.3 Å². The zero-order chi connectivity index (χ0) is 12.0. The lowest BCUT2D eigenvalue weighted by Gasteiger charge is -1.91. The largest absolute Gasteiger partial charge is 0.478 e. The summed E-state index contributed by atoms with van der Waals surface area (Å²) in [7, 11) is 0. The summed E-state index contributed by atoms with van der Waals surface area (Å²) < 4.78 is 4.91. The molecule has 0 fully saturated rings. The Morgan fingerprint density at radius 2 is 1.88 bits per heavy atom. The number of hydrogen-bond acceptors (Lipinski definition) is 3. The summed E-state index contributed by atoms with van der Waals surface area (Å²) in [5.41, 5.74) is 0.337. The van der Waals surface area contributed by atoms with Gasteiger partial charge in [-0.15, -0.1) is 0 Å². The highest BCUT2D eigenvalue weighted by Gasteiger charge is 1.92. The third kappa shape index (κ3) is 3.42. The van der Waals surface area contributed by atoms with Crippen molar-refractivity contribution in [3.63, 3.8) is 0 Å². The first kappa shape index (κ1) is 11.7. The molecule has 4 heteroatoms. The molecule has 1 aromatic carbocycles. The van der Waals surface area contributed by atoms with Crippen molar-refractivity contribution >= 4 is 16.9 Å². The molecule has 0 aliphatic rings. The zero-order valence-corrected chi connectivity index (χ0v) is 8.42. The third-order valence-corrected chi connectivity index (χ3v) is 1.70. The SMILES string of the molecule is C=CC(=O)O.O=c1ccc2ccccc2o1. The van der Waals surface area contributed by atoms with Crippen LogP contribution in [-0.4, -0.2) is 11.1 Å². The Bertz CT molecular complexity index is 554. The van der Waals surface area contributed by atoms with E-state index in [0.29, 0.717) is 5.58 Å². The molecule has 0 aliphatic carbocycles. The fraction of sp³-hybridized carbons (Fsp3) is 0. The first-order valence-electron chi connectivity index (χ1n) is 4.48. The molecule has 0 saturated heterocycles. The average Bonchev–Trinajstić information content (AvgIpc) is 2.29. The lowest BCUT2D eigenvalue weighted by molar-refractivity contribution is -0.131. The van der Waals surface area contributed by atoms with Crippen LogP contribution >= 0.6 is 0 Å². The second kappa shape index (κ2) is 5.50. The monoisotopic (exact) mass is 218 g/mol. The second-order valence-corrected chi connectivity index (χ2v) is 2.83. The molecule has 2 aromatic rings. The number of para-hydroxylation sites is 1. The Balaban J connectivity index is 0.000000221. The molecule has 0 spiro atoms. The van der Waals surface area contributed by atoms with Gasteiger partial charge >= 0.3 is 11.6 Å². The topological polar surface area (TPSA) is 67.5 Å². The van der Waals surface area contributed by atoms with Crippen molar-refractivity contribution < 1.29 is 14.3 Å². The second-order valence-electron chi connectivity index (χ2n) is 2.83. The number of aliphatic carboxylic acids is 1. The number of carboxylic acids is 1. The van der Waals surface area contributed by atoms with Gasteiger partial charge in [-0.1, -0.05) is 24.8 Å². The Hall–Kier alpha value is -2.36. The molecular formula is C12H10O4. The highest BCUT2D eigenvalue weighted by atomic mass is 16.4. The van der Waals surface area contributed by atoms with E-state index in [2.05, 4.69) is 6.58 Å². The van der Waals surface area contributed by atoms with Gasteiger partial charge in [-0.25, -0.2) is 9.59 Å². The summed E-state index contributed by atoms with van der Waals surface area (Å²) in [5, 5.41) is 8.56. The number of rotatable bonds is 1. The van der Waals surface area contributed by atoms with Crippen LogP contribution in [0, 0.1) is 0 Å². The van der Waals surface area contributed by atoms with E-state index in [0.717, 1.165) is 11.5 Å². The molecule has 2 rings (SSSR count). The Morgan fingerprint density at radius 3 is 2.50 bits per heavy atom. The number of carbonyl (C=O) groups is 1. The Morgan fingerprint density at radius 1 is 1.25 bits per heavy atom.